The molecule has 3 aromatic rings. The minimum atomic E-state index is 0.0520. The molecule has 3 rings (SSSR count). The lowest BCUT2D eigenvalue weighted by Gasteiger charge is -2.16. The smallest absolute Gasteiger partial charge is 0.203 e. The molecule has 0 saturated heterocycles. The maximum absolute atomic E-state index is 6.08. The van der Waals surface area contributed by atoms with Crippen LogP contribution >= 0.6 is 0 Å². The van der Waals surface area contributed by atoms with Crippen LogP contribution in [-0.2, 0) is 0 Å². The Morgan fingerprint density at radius 3 is 2.62 bits per heavy atom. The Kier molecular flexibility index (Phi) is 3.25. The zero-order valence-electron chi connectivity index (χ0n) is 12.4. The third-order valence-corrected chi connectivity index (χ3v) is 3.68. The van der Waals surface area contributed by atoms with Crippen molar-refractivity contribution in [1.82, 2.24) is 14.5 Å². The van der Waals surface area contributed by atoms with Crippen LogP contribution in [0.15, 0.2) is 36.5 Å². The number of ether oxygens (including phenoxy) is 1. The van der Waals surface area contributed by atoms with Crippen molar-refractivity contribution in [3.8, 4) is 5.75 Å². The highest BCUT2D eigenvalue weighted by Gasteiger charge is 2.16. The lowest BCUT2D eigenvalue weighted by atomic mass is 10.1. The third-order valence-electron chi connectivity index (χ3n) is 3.68. The highest BCUT2D eigenvalue weighted by Crippen LogP contribution is 2.27. The number of nitrogen functional groups attached to an aromatic ring is 1. The van der Waals surface area contributed by atoms with Gasteiger partial charge in [0.1, 0.15) is 11.3 Å². The summed E-state index contributed by atoms with van der Waals surface area (Å²) in [5, 5.41) is 0. The van der Waals surface area contributed by atoms with Gasteiger partial charge in [-0.3, -0.25) is 4.57 Å². The molecule has 0 amide bonds. The highest BCUT2D eigenvalue weighted by atomic mass is 16.5. The van der Waals surface area contributed by atoms with Crippen LogP contribution < -0.4 is 10.5 Å². The van der Waals surface area contributed by atoms with Gasteiger partial charge < -0.3 is 10.5 Å². The maximum atomic E-state index is 6.08. The number of rotatable bonds is 3. The van der Waals surface area contributed by atoms with E-state index in [9.17, 15) is 0 Å². The average Bonchev–Trinajstić information content (AvgIpc) is 2.81. The molecule has 2 N–H and O–H groups in total. The van der Waals surface area contributed by atoms with Gasteiger partial charge in [0.15, 0.2) is 5.65 Å². The maximum Gasteiger partial charge on any atom is 0.203 e. The summed E-state index contributed by atoms with van der Waals surface area (Å²) >= 11 is 0. The van der Waals surface area contributed by atoms with Gasteiger partial charge in [0, 0.05) is 6.20 Å². The Morgan fingerprint density at radius 2 is 1.95 bits per heavy atom. The van der Waals surface area contributed by atoms with E-state index >= 15 is 0 Å². The predicted octanol–water partition coefficient (Wildman–Crippen LogP) is 2.94. The van der Waals surface area contributed by atoms with Gasteiger partial charge >= 0.3 is 0 Å². The average molecular weight is 282 g/mol. The normalized spacial score (nSPS) is 12.5. The first kappa shape index (κ1) is 13.4. The van der Waals surface area contributed by atoms with E-state index in [1.165, 1.54) is 0 Å². The Hall–Kier alpha value is -2.56. The molecule has 0 radical (unpaired) electrons. The van der Waals surface area contributed by atoms with Crippen LogP contribution in [0.3, 0.4) is 0 Å². The fourth-order valence-electron chi connectivity index (χ4n) is 2.51. The van der Waals surface area contributed by atoms with Crippen molar-refractivity contribution in [2.75, 3.05) is 12.8 Å². The summed E-state index contributed by atoms with van der Waals surface area (Å²) in [7, 11) is 1.66. The Bertz CT molecular complexity index is 777. The molecule has 1 atom stereocenters. The van der Waals surface area contributed by atoms with Crippen molar-refractivity contribution in [1.29, 1.82) is 0 Å². The largest absolute Gasteiger partial charge is 0.497 e. The fraction of sp³-hybridized carbons (Fsp3) is 0.250. The van der Waals surface area contributed by atoms with E-state index in [-0.39, 0.29) is 6.04 Å². The number of hydrogen-bond acceptors (Lipinski definition) is 4. The van der Waals surface area contributed by atoms with Gasteiger partial charge in [0.05, 0.1) is 13.2 Å². The van der Waals surface area contributed by atoms with Crippen LogP contribution in [0.2, 0.25) is 0 Å². The highest BCUT2D eigenvalue weighted by molar-refractivity contribution is 5.75. The quantitative estimate of drug-likeness (QED) is 0.802. The Morgan fingerprint density at radius 1 is 1.24 bits per heavy atom. The minimum Gasteiger partial charge on any atom is -0.497 e. The van der Waals surface area contributed by atoms with E-state index in [0.29, 0.717) is 5.95 Å². The zero-order valence-corrected chi connectivity index (χ0v) is 12.4. The van der Waals surface area contributed by atoms with E-state index in [0.717, 1.165) is 28.0 Å². The number of aryl methyl sites for hydroxylation is 1. The van der Waals surface area contributed by atoms with Crippen LogP contribution in [-0.4, -0.2) is 21.6 Å². The third kappa shape index (κ3) is 2.31. The molecule has 0 aliphatic heterocycles. The van der Waals surface area contributed by atoms with Crippen molar-refractivity contribution in [2.45, 2.75) is 19.9 Å². The second kappa shape index (κ2) is 5.09. The predicted molar refractivity (Wildman–Crippen MR) is 83.5 cm³/mol. The number of anilines is 1. The number of nitrogens with zero attached hydrogens (tertiary/aromatic N) is 3. The van der Waals surface area contributed by atoms with Gasteiger partial charge in [-0.05, 0) is 43.2 Å². The molecule has 5 nitrogen and oxygen atoms in total. The van der Waals surface area contributed by atoms with Crippen molar-refractivity contribution < 1.29 is 4.74 Å². The zero-order chi connectivity index (χ0) is 15.0. The molecule has 0 spiro atoms. The summed E-state index contributed by atoms with van der Waals surface area (Å²) in [6, 6.07) is 10.00. The van der Waals surface area contributed by atoms with Crippen molar-refractivity contribution in [3.05, 3.63) is 47.7 Å². The summed E-state index contributed by atoms with van der Waals surface area (Å²) in [5.41, 5.74) is 9.92. The Labute approximate surface area is 123 Å². The number of pyridine rings is 1. The molecule has 0 bridgehead atoms. The van der Waals surface area contributed by atoms with E-state index < -0.39 is 0 Å². The van der Waals surface area contributed by atoms with Gasteiger partial charge in [-0.25, -0.2) is 9.97 Å². The number of nitrogens with two attached hydrogens (primary N) is 1. The molecule has 2 heterocycles. The molecule has 0 aliphatic carbocycles. The van der Waals surface area contributed by atoms with Crippen molar-refractivity contribution in [2.24, 2.45) is 0 Å². The molecule has 0 saturated carbocycles. The SMILES string of the molecule is COc1ccc(C(C)n2c(N)nc3cc(C)cnc32)cc1. The van der Waals surface area contributed by atoms with E-state index in [1.54, 1.807) is 7.11 Å². The van der Waals surface area contributed by atoms with E-state index in [2.05, 4.69) is 16.9 Å². The summed E-state index contributed by atoms with van der Waals surface area (Å²) in [5.74, 6) is 1.31. The van der Waals surface area contributed by atoms with Crippen LogP contribution in [0, 0.1) is 6.92 Å². The summed E-state index contributed by atoms with van der Waals surface area (Å²) < 4.78 is 7.15. The van der Waals surface area contributed by atoms with E-state index in [1.807, 2.05) is 48.0 Å². The van der Waals surface area contributed by atoms with Crippen LogP contribution in [0.5, 0.6) is 5.75 Å². The first-order valence-electron chi connectivity index (χ1n) is 6.84. The molecule has 1 aromatic carbocycles. The molecule has 21 heavy (non-hydrogen) atoms. The summed E-state index contributed by atoms with van der Waals surface area (Å²) in [6.45, 7) is 4.08. The number of aromatic nitrogens is 3. The summed E-state index contributed by atoms with van der Waals surface area (Å²) in [6.07, 6.45) is 1.83. The number of benzene rings is 1. The summed E-state index contributed by atoms with van der Waals surface area (Å²) in [4.78, 5) is 8.89. The molecule has 1 unspecified atom stereocenters. The molecule has 5 heteroatoms. The lowest BCUT2D eigenvalue weighted by molar-refractivity contribution is 0.414. The molecule has 0 fully saturated rings. The van der Waals surface area contributed by atoms with Gasteiger partial charge in [-0.2, -0.15) is 0 Å². The molecule has 108 valence electrons. The van der Waals surface area contributed by atoms with Gasteiger partial charge in [-0.1, -0.05) is 12.1 Å². The molecule has 0 aliphatic rings. The van der Waals surface area contributed by atoms with Crippen molar-refractivity contribution in [3.63, 3.8) is 0 Å². The second-order valence-corrected chi connectivity index (χ2v) is 5.14. The van der Waals surface area contributed by atoms with Gasteiger partial charge in [-0.15, -0.1) is 0 Å². The Balaban J connectivity index is 2.07. The standard InChI is InChI=1S/C16H18N4O/c1-10-8-14-15(18-9-10)20(16(17)19-14)11(2)12-4-6-13(21-3)7-5-12/h4-9,11H,1-3H3,(H2,17,19). The van der Waals surface area contributed by atoms with Crippen LogP contribution in [0.25, 0.3) is 11.2 Å². The van der Waals surface area contributed by atoms with Gasteiger partial charge in [0.25, 0.3) is 0 Å². The van der Waals surface area contributed by atoms with Crippen LogP contribution in [0.4, 0.5) is 5.95 Å². The number of fused-ring (bicyclic) bond motifs is 1. The second-order valence-electron chi connectivity index (χ2n) is 5.14. The molecular formula is C16H18N4O. The van der Waals surface area contributed by atoms with Gasteiger partial charge in [0.2, 0.25) is 5.95 Å². The topological polar surface area (TPSA) is 66.0 Å². The molecular weight excluding hydrogens is 264 g/mol. The van der Waals surface area contributed by atoms with E-state index in [4.69, 9.17) is 10.5 Å². The number of hydrogen-bond donors (Lipinski definition) is 1. The number of imidazole rings is 1. The first-order valence-corrected chi connectivity index (χ1v) is 6.84. The molecule has 2 aromatic heterocycles. The monoisotopic (exact) mass is 282 g/mol. The minimum absolute atomic E-state index is 0.0520. The first-order chi connectivity index (χ1) is 10.1. The van der Waals surface area contributed by atoms with Crippen LogP contribution in [0.1, 0.15) is 24.1 Å². The van der Waals surface area contributed by atoms with Crippen molar-refractivity contribution >= 4 is 17.1 Å². The number of methoxy groups -OCH3 is 1. The fourth-order valence-corrected chi connectivity index (χ4v) is 2.51. The lowest BCUT2D eigenvalue weighted by Crippen LogP contribution is -2.10.